The van der Waals surface area contributed by atoms with E-state index < -0.39 is 18.2 Å². The second-order valence-electron chi connectivity index (χ2n) is 9.87. The number of aliphatic carboxylic acids is 1. The van der Waals surface area contributed by atoms with Crippen molar-refractivity contribution in [2.24, 2.45) is 15.9 Å². The number of carboxylic acid groups (broad SMARTS) is 1. The summed E-state index contributed by atoms with van der Waals surface area (Å²) in [5.41, 5.74) is 6.98. The zero-order valence-corrected chi connectivity index (χ0v) is 21.7. The Morgan fingerprint density at radius 3 is 2.38 bits per heavy atom. The molecule has 4 aliphatic rings. The van der Waals surface area contributed by atoms with Gasteiger partial charge in [-0.05, 0) is 37.0 Å². The Hall–Kier alpha value is -2.76. The number of alkyl halides is 1. The van der Waals surface area contributed by atoms with E-state index in [1.54, 1.807) is 4.90 Å². The minimum absolute atomic E-state index is 0.0933. The van der Waals surface area contributed by atoms with Gasteiger partial charge >= 0.3 is 0 Å². The van der Waals surface area contributed by atoms with E-state index in [4.69, 9.17) is 32.0 Å². The fraction of sp³-hybridized carbons (Fsp3) is 0.600. The number of piperidine rings is 1. The van der Waals surface area contributed by atoms with Gasteiger partial charge in [-0.25, -0.2) is 4.39 Å². The van der Waals surface area contributed by atoms with E-state index in [2.05, 4.69) is 20.0 Å². The van der Waals surface area contributed by atoms with Gasteiger partial charge in [0.2, 0.25) is 0 Å². The van der Waals surface area contributed by atoms with Crippen LogP contribution < -0.4 is 5.73 Å². The number of nitrogens with zero attached hydrogens (tertiary/aromatic N) is 5. The number of likely N-dealkylation sites (tertiary alicyclic amines) is 2. The fourth-order valence-electron chi connectivity index (χ4n) is 5.18. The Kier molecular flexibility index (Phi) is 8.99. The largest absolute Gasteiger partial charge is 0.481 e. The second kappa shape index (κ2) is 12.2. The maximum atomic E-state index is 13.3. The highest BCUT2D eigenvalue weighted by molar-refractivity contribution is 6.30. The van der Waals surface area contributed by atoms with Crippen LogP contribution in [0.5, 0.6) is 0 Å². The Labute approximate surface area is 220 Å². The van der Waals surface area contributed by atoms with Crippen molar-refractivity contribution < 1.29 is 23.8 Å². The van der Waals surface area contributed by atoms with Crippen LogP contribution in [0.15, 0.2) is 34.5 Å². The fourth-order valence-corrected chi connectivity index (χ4v) is 5.30. The first-order valence-electron chi connectivity index (χ1n) is 12.6. The molecule has 10 nitrogen and oxygen atoms in total. The Balaban J connectivity index is 0.000000747. The molecule has 0 bridgehead atoms. The first-order valence-corrected chi connectivity index (χ1v) is 13.0. The summed E-state index contributed by atoms with van der Waals surface area (Å²) in [4.78, 5) is 28.1. The minimum Gasteiger partial charge on any atom is -0.481 e. The molecule has 0 spiro atoms. The van der Waals surface area contributed by atoms with Crippen LogP contribution in [0, 0.1) is 0 Å². The van der Waals surface area contributed by atoms with Gasteiger partial charge in [0.25, 0.3) is 11.9 Å². The summed E-state index contributed by atoms with van der Waals surface area (Å²) in [6, 6.07) is 8.41. The topological polar surface area (TPSA) is 124 Å². The number of amides is 1. The monoisotopic (exact) mass is 536 g/mol. The van der Waals surface area contributed by atoms with Gasteiger partial charge in [0, 0.05) is 43.7 Å². The van der Waals surface area contributed by atoms with Crippen molar-refractivity contribution in [2.75, 3.05) is 39.3 Å². The number of nitrogens with two attached hydrogens (primary N) is 1. The number of carbonyl (C=O) groups is 2. The first-order chi connectivity index (χ1) is 17.7. The number of hydrogen-bond acceptors (Lipinski definition) is 8. The standard InChI is InChI=1S/C23H30ClFN6O2.C2H4O2/c24-16-3-1-15(2-4-16)9-19-14-33-20(23(32)30-11-17(25)12-30)13-31(19)18-5-7-29(8-6-18)22-10-21(26)27-28-22;1-2(3)4/h1-4,17-20H,5-14H2,(H2,26,27);1H3,(H,3,4)/t19-,20+;/m0./s1. The van der Waals surface area contributed by atoms with Crippen LogP contribution in [-0.4, -0.2) is 107 Å². The lowest BCUT2D eigenvalue weighted by Crippen LogP contribution is -2.62. The average Bonchev–Trinajstić information content (AvgIpc) is 3.29. The molecule has 12 heteroatoms. The van der Waals surface area contributed by atoms with E-state index in [0.717, 1.165) is 45.1 Å². The number of amidine groups is 2. The summed E-state index contributed by atoms with van der Waals surface area (Å²) < 4.78 is 19.3. The number of carboxylic acids is 1. The summed E-state index contributed by atoms with van der Waals surface area (Å²) in [5, 5.41) is 16.3. The molecule has 0 aliphatic carbocycles. The first kappa shape index (κ1) is 27.3. The third-order valence-corrected chi connectivity index (χ3v) is 7.33. The summed E-state index contributed by atoms with van der Waals surface area (Å²) in [6.07, 6.45) is 1.92. The van der Waals surface area contributed by atoms with Gasteiger partial charge in [-0.3, -0.25) is 14.5 Å². The van der Waals surface area contributed by atoms with Crippen molar-refractivity contribution >= 4 is 35.1 Å². The van der Waals surface area contributed by atoms with Crippen molar-refractivity contribution in [3.05, 3.63) is 34.9 Å². The Morgan fingerprint density at radius 1 is 1.16 bits per heavy atom. The number of carbonyl (C=O) groups excluding carboxylic acids is 1. The van der Waals surface area contributed by atoms with Crippen LogP contribution in [0.3, 0.4) is 0 Å². The molecule has 0 radical (unpaired) electrons. The van der Waals surface area contributed by atoms with Gasteiger partial charge in [-0.15, -0.1) is 10.2 Å². The molecule has 202 valence electrons. The predicted molar refractivity (Wildman–Crippen MR) is 138 cm³/mol. The molecule has 0 unspecified atom stereocenters. The van der Waals surface area contributed by atoms with Crippen molar-refractivity contribution in [3.8, 4) is 0 Å². The van der Waals surface area contributed by atoms with Gasteiger partial charge in [-0.1, -0.05) is 23.7 Å². The molecule has 5 rings (SSSR count). The maximum absolute atomic E-state index is 13.3. The van der Waals surface area contributed by atoms with Gasteiger partial charge in [-0.2, -0.15) is 0 Å². The number of benzene rings is 1. The molecule has 1 aromatic rings. The third kappa shape index (κ3) is 7.18. The van der Waals surface area contributed by atoms with Crippen LogP contribution in [0.2, 0.25) is 5.02 Å². The highest BCUT2D eigenvalue weighted by Gasteiger charge is 2.42. The molecule has 0 saturated carbocycles. The van der Waals surface area contributed by atoms with Gasteiger partial charge < -0.3 is 25.4 Å². The van der Waals surface area contributed by atoms with E-state index in [9.17, 15) is 9.18 Å². The number of rotatable bonds is 4. The van der Waals surface area contributed by atoms with E-state index in [0.29, 0.717) is 36.5 Å². The molecule has 2 atom stereocenters. The Bertz CT molecular complexity index is 1020. The van der Waals surface area contributed by atoms with Gasteiger partial charge in [0.1, 0.15) is 23.9 Å². The summed E-state index contributed by atoms with van der Waals surface area (Å²) in [6.45, 7) is 4.21. The maximum Gasteiger partial charge on any atom is 0.300 e. The second-order valence-corrected chi connectivity index (χ2v) is 10.3. The minimum atomic E-state index is -0.910. The lowest BCUT2D eigenvalue weighted by Gasteiger charge is -2.48. The van der Waals surface area contributed by atoms with Crippen molar-refractivity contribution in [1.82, 2.24) is 14.7 Å². The molecular formula is C25H34ClFN6O4. The van der Waals surface area contributed by atoms with Crippen LogP contribution in [0.25, 0.3) is 0 Å². The van der Waals surface area contributed by atoms with E-state index >= 15 is 0 Å². The SMILES string of the molecule is CC(=O)O.NC1=NN=C(N2CCC(N3C[C@H](C(=O)N4CC(F)C4)OC[C@@H]3Cc3ccc(Cl)cc3)CC2)C1. The van der Waals surface area contributed by atoms with Crippen molar-refractivity contribution in [1.29, 1.82) is 0 Å². The normalized spacial score (nSPS) is 25.1. The summed E-state index contributed by atoms with van der Waals surface area (Å²) in [5.74, 6) is 0.577. The Morgan fingerprint density at radius 2 is 1.81 bits per heavy atom. The summed E-state index contributed by atoms with van der Waals surface area (Å²) in [7, 11) is 0. The van der Waals surface area contributed by atoms with E-state index in [1.807, 2.05) is 24.3 Å². The third-order valence-electron chi connectivity index (χ3n) is 7.08. The number of hydrogen-bond donors (Lipinski definition) is 2. The number of ether oxygens (including phenoxy) is 1. The molecule has 3 N–H and O–H groups in total. The quantitative estimate of drug-likeness (QED) is 0.601. The zero-order chi connectivity index (χ0) is 26.5. The molecule has 1 aromatic carbocycles. The van der Waals surface area contributed by atoms with Crippen LogP contribution in [0.1, 0.15) is 31.7 Å². The molecule has 1 amide bonds. The predicted octanol–water partition coefficient (Wildman–Crippen LogP) is 1.76. The van der Waals surface area contributed by atoms with Crippen molar-refractivity contribution in [2.45, 2.75) is 57.0 Å². The molecular weight excluding hydrogens is 503 g/mol. The lowest BCUT2D eigenvalue weighted by atomic mass is 9.95. The lowest BCUT2D eigenvalue weighted by molar-refractivity contribution is -0.162. The number of halogens is 2. The van der Waals surface area contributed by atoms with Crippen LogP contribution >= 0.6 is 11.6 Å². The highest BCUT2D eigenvalue weighted by atomic mass is 35.5. The molecule has 3 saturated heterocycles. The van der Waals surface area contributed by atoms with Gasteiger partial charge in [0.05, 0.1) is 26.1 Å². The van der Waals surface area contributed by atoms with Crippen molar-refractivity contribution in [3.63, 3.8) is 0 Å². The van der Waals surface area contributed by atoms with Crippen LogP contribution in [0.4, 0.5) is 4.39 Å². The van der Waals surface area contributed by atoms with E-state index in [-0.39, 0.29) is 25.0 Å². The molecule has 4 aliphatic heterocycles. The van der Waals surface area contributed by atoms with Crippen LogP contribution in [-0.2, 0) is 20.7 Å². The highest BCUT2D eigenvalue weighted by Crippen LogP contribution is 2.27. The number of morpholine rings is 1. The molecule has 4 heterocycles. The summed E-state index contributed by atoms with van der Waals surface area (Å²) >= 11 is 6.06. The van der Waals surface area contributed by atoms with Gasteiger partial charge in [0.15, 0.2) is 0 Å². The smallest absolute Gasteiger partial charge is 0.300 e. The molecule has 0 aromatic heterocycles. The molecule has 3 fully saturated rings. The average molecular weight is 537 g/mol. The zero-order valence-electron chi connectivity index (χ0n) is 20.9. The van der Waals surface area contributed by atoms with E-state index in [1.165, 1.54) is 5.56 Å². The molecule has 37 heavy (non-hydrogen) atoms.